The molecule has 0 bridgehead atoms. The molecular weight excluding hydrogens is 154 g/mol. The van der Waals surface area contributed by atoms with Gasteiger partial charge in [0.05, 0.1) is 6.10 Å². The minimum Gasteiger partial charge on any atom is -0.369 e. The Balaban J connectivity index is 3.63. The number of likely N-dealkylation sites (N-methyl/N-ethyl adjacent to an activating group) is 1. The number of amides is 1. The predicted octanol–water partition coefficient (Wildman–Crippen LogP) is 1.06. The van der Waals surface area contributed by atoms with Crippen molar-refractivity contribution in [2.24, 2.45) is 0 Å². The average Bonchev–Trinajstić information content (AvgIpc) is 2.00. The zero-order chi connectivity index (χ0) is 9.56. The SMILES string of the molecule is C=CCN(C)C(=O)COC(C)C. The monoisotopic (exact) mass is 171 g/mol. The van der Waals surface area contributed by atoms with Crippen LogP contribution in [-0.4, -0.2) is 37.1 Å². The van der Waals surface area contributed by atoms with Gasteiger partial charge < -0.3 is 9.64 Å². The van der Waals surface area contributed by atoms with Crippen LogP contribution in [0, 0.1) is 0 Å². The van der Waals surface area contributed by atoms with E-state index in [-0.39, 0.29) is 18.6 Å². The van der Waals surface area contributed by atoms with Crippen LogP contribution in [0.3, 0.4) is 0 Å². The highest BCUT2D eigenvalue weighted by molar-refractivity contribution is 5.77. The molecular formula is C9H17NO2. The van der Waals surface area contributed by atoms with Crippen LogP contribution in [0.25, 0.3) is 0 Å². The fraction of sp³-hybridized carbons (Fsp3) is 0.667. The van der Waals surface area contributed by atoms with Crippen LogP contribution in [0.5, 0.6) is 0 Å². The largest absolute Gasteiger partial charge is 0.369 e. The van der Waals surface area contributed by atoms with E-state index in [1.807, 2.05) is 13.8 Å². The Kier molecular flexibility index (Phi) is 5.37. The number of carbonyl (C=O) groups is 1. The molecule has 0 aromatic heterocycles. The summed E-state index contributed by atoms with van der Waals surface area (Å²) in [4.78, 5) is 12.8. The molecule has 0 aliphatic carbocycles. The summed E-state index contributed by atoms with van der Waals surface area (Å²) >= 11 is 0. The topological polar surface area (TPSA) is 29.5 Å². The maximum Gasteiger partial charge on any atom is 0.248 e. The molecule has 0 rings (SSSR count). The molecule has 0 heterocycles. The number of ether oxygens (including phenoxy) is 1. The highest BCUT2D eigenvalue weighted by Gasteiger charge is 2.07. The molecule has 0 saturated heterocycles. The lowest BCUT2D eigenvalue weighted by atomic mass is 10.4. The maximum atomic E-state index is 11.2. The molecule has 3 heteroatoms. The Labute approximate surface area is 74.0 Å². The normalized spacial score (nSPS) is 10.0. The van der Waals surface area contributed by atoms with Crippen LogP contribution in [0.15, 0.2) is 12.7 Å². The molecule has 0 aliphatic heterocycles. The highest BCUT2D eigenvalue weighted by Crippen LogP contribution is 1.91. The second-order valence-electron chi connectivity index (χ2n) is 2.92. The van der Waals surface area contributed by atoms with E-state index in [0.29, 0.717) is 6.54 Å². The molecule has 0 aliphatic rings. The van der Waals surface area contributed by atoms with Gasteiger partial charge in [0, 0.05) is 13.6 Å². The Hall–Kier alpha value is -0.830. The maximum absolute atomic E-state index is 11.2. The third-order valence-corrected chi connectivity index (χ3v) is 1.37. The molecule has 0 aromatic rings. The molecule has 0 unspecified atom stereocenters. The molecule has 0 aromatic carbocycles. The van der Waals surface area contributed by atoms with Gasteiger partial charge in [0.1, 0.15) is 6.61 Å². The summed E-state index contributed by atoms with van der Waals surface area (Å²) in [6.07, 6.45) is 1.79. The zero-order valence-corrected chi connectivity index (χ0v) is 8.04. The van der Waals surface area contributed by atoms with Crippen molar-refractivity contribution in [3.63, 3.8) is 0 Å². The molecule has 0 atom stereocenters. The van der Waals surface area contributed by atoms with Crippen molar-refractivity contribution in [3.8, 4) is 0 Å². The zero-order valence-electron chi connectivity index (χ0n) is 8.04. The van der Waals surface area contributed by atoms with Gasteiger partial charge in [-0.05, 0) is 13.8 Å². The van der Waals surface area contributed by atoms with E-state index in [0.717, 1.165) is 0 Å². The van der Waals surface area contributed by atoms with Crippen molar-refractivity contribution >= 4 is 5.91 Å². The van der Waals surface area contributed by atoms with Gasteiger partial charge in [-0.2, -0.15) is 0 Å². The summed E-state index contributed by atoms with van der Waals surface area (Å²) in [5.41, 5.74) is 0. The Morgan fingerprint density at radius 3 is 2.67 bits per heavy atom. The standard InChI is InChI=1S/C9H17NO2/c1-5-6-10(4)9(11)7-12-8(2)3/h5,8H,1,6-7H2,2-4H3. The lowest BCUT2D eigenvalue weighted by Gasteiger charge is -2.15. The van der Waals surface area contributed by atoms with E-state index >= 15 is 0 Å². The van der Waals surface area contributed by atoms with Crippen molar-refractivity contribution in [1.82, 2.24) is 4.90 Å². The Bertz CT molecular complexity index is 155. The van der Waals surface area contributed by atoms with Crippen LogP contribution < -0.4 is 0 Å². The first kappa shape index (κ1) is 11.2. The van der Waals surface area contributed by atoms with Crippen LogP contribution in [-0.2, 0) is 9.53 Å². The van der Waals surface area contributed by atoms with Gasteiger partial charge in [0.15, 0.2) is 0 Å². The van der Waals surface area contributed by atoms with E-state index in [4.69, 9.17) is 4.74 Å². The minimum atomic E-state index is -0.0106. The first-order valence-electron chi connectivity index (χ1n) is 4.04. The molecule has 0 N–H and O–H groups in total. The van der Waals surface area contributed by atoms with E-state index < -0.39 is 0 Å². The van der Waals surface area contributed by atoms with Gasteiger partial charge in [-0.15, -0.1) is 6.58 Å². The van der Waals surface area contributed by atoms with Gasteiger partial charge in [0.25, 0.3) is 0 Å². The molecule has 0 saturated carbocycles. The fourth-order valence-corrected chi connectivity index (χ4v) is 0.644. The molecule has 0 spiro atoms. The molecule has 12 heavy (non-hydrogen) atoms. The van der Waals surface area contributed by atoms with Gasteiger partial charge in [-0.25, -0.2) is 0 Å². The van der Waals surface area contributed by atoms with Gasteiger partial charge in [-0.1, -0.05) is 6.08 Å². The predicted molar refractivity (Wildman–Crippen MR) is 48.9 cm³/mol. The average molecular weight is 171 g/mol. The summed E-state index contributed by atoms with van der Waals surface area (Å²) in [5.74, 6) is -0.0106. The summed E-state index contributed by atoms with van der Waals surface area (Å²) in [6, 6.07) is 0. The van der Waals surface area contributed by atoms with E-state index in [1.165, 1.54) is 0 Å². The van der Waals surface area contributed by atoms with E-state index in [9.17, 15) is 4.79 Å². The first-order chi connectivity index (χ1) is 5.57. The number of carbonyl (C=O) groups excluding carboxylic acids is 1. The van der Waals surface area contributed by atoms with Crippen LogP contribution >= 0.6 is 0 Å². The van der Waals surface area contributed by atoms with Crippen molar-refractivity contribution in [1.29, 1.82) is 0 Å². The van der Waals surface area contributed by atoms with Crippen LogP contribution in [0.1, 0.15) is 13.8 Å². The van der Waals surface area contributed by atoms with Gasteiger partial charge in [0.2, 0.25) is 5.91 Å². The summed E-state index contributed by atoms with van der Waals surface area (Å²) in [5, 5.41) is 0. The lowest BCUT2D eigenvalue weighted by molar-refractivity contribution is -0.135. The second-order valence-corrected chi connectivity index (χ2v) is 2.92. The smallest absolute Gasteiger partial charge is 0.248 e. The molecule has 0 radical (unpaired) electrons. The van der Waals surface area contributed by atoms with Crippen molar-refractivity contribution in [2.75, 3.05) is 20.2 Å². The third-order valence-electron chi connectivity index (χ3n) is 1.37. The molecule has 0 fully saturated rings. The minimum absolute atomic E-state index is 0.0106. The van der Waals surface area contributed by atoms with Gasteiger partial charge >= 0.3 is 0 Å². The number of hydrogen-bond donors (Lipinski definition) is 0. The van der Waals surface area contributed by atoms with Crippen molar-refractivity contribution < 1.29 is 9.53 Å². The lowest BCUT2D eigenvalue weighted by Crippen LogP contribution is -2.31. The summed E-state index contributed by atoms with van der Waals surface area (Å²) in [6.45, 7) is 8.08. The third kappa shape index (κ3) is 4.91. The molecule has 1 amide bonds. The van der Waals surface area contributed by atoms with Gasteiger partial charge in [-0.3, -0.25) is 4.79 Å². The van der Waals surface area contributed by atoms with Crippen molar-refractivity contribution in [3.05, 3.63) is 12.7 Å². The second kappa shape index (κ2) is 5.77. The molecule has 3 nitrogen and oxygen atoms in total. The highest BCUT2D eigenvalue weighted by atomic mass is 16.5. The number of nitrogens with zero attached hydrogens (tertiary/aromatic N) is 1. The fourth-order valence-electron chi connectivity index (χ4n) is 0.644. The molecule has 70 valence electrons. The van der Waals surface area contributed by atoms with E-state index in [1.54, 1.807) is 18.0 Å². The number of hydrogen-bond acceptors (Lipinski definition) is 2. The summed E-state index contributed by atoms with van der Waals surface area (Å²) < 4.78 is 5.15. The van der Waals surface area contributed by atoms with Crippen LogP contribution in [0.2, 0.25) is 0 Å². The van der Waals surface area contributed by atoms with E-state index in [2.05, 4.69) is 6.58 Å². The first-order valence-corrected chi connectivity index (χ1v) is 4.04. The quantitative estimate of drug-likeness (QED) is 0.579. The number of rotatable bonds is 5. The Morgan fingerprint density at radius 1 is 1.67 bits per heavy atom. The summed E-state index contributed by atoms with van der Waals surface area (Å²) in [7, 11) is 1.73. The Morgan fingerprint density at radius 2 is 2.25 bits per heavy atom. The van der Waals surface area contributed by atoms with Crippen LogP contribution in [0.4, 0.5) is 0 Å². The van der Waals surface area contributed by atoms with Crippen molar-refractivity contribution in [2.45, 2.75) is 20.0 Å².